The highest BCUT2D eigenvalue weighted by Gasteiger charge is 2.58. The number of hydrogen-bond donors (Lipinski definition) is 0. The van der Waals surface area contributed by atoms with Crippen LogP contribution in [0.1, 0.15) is 40.5 Å². The van der Waals surface area contributed by atoms with Crippen LogP contribution in [0.5, 0.6) is 0 Å². The molecule has 1 saturated carbocycles. The summed E-state index contributed by atoms with van der Waals surface area (Å²) in [4.78, 5) is 24.9. The molecular weight excluding hydrogens is 300 g/mol. The molecular formula is C20H20N2O2. The van der Waals surface area contributed by atoms with Crippen LogP contribution in [0.4, 0.5) is 0 Å². The molecule has 0 aromatic rings. The van der Waals surface area contributed by atoms with Crippen LogP contribution >= 0.6 is 0 Å². The number of allylic oxidation sites excluding steroid dienone is 6. The maximum absolute atomic E-state index is 12.6. The van der Waals surface area contributed by atoms with E-state index >= 15 is 0 Å². The summed E-state index contributed by atoms with van der Waals surface area (Å²) >= 11 is 0. The van der Waals surface area contributed by atoms with E-state index in [1.165, 1.54) is 0 Å². The molecule has 3 aliphatic rings. The third-order valence-electron chi connectivity index (χ3n) is 6.26. The van der Waals surface area contributed by atoms with E-state index in [1.54, 1.807) is 18.2 Å². The molecule has 0 amide bonds. The molecule has 2 unspecified atom stereocenters. The highest BCUT2D eigenvalue weighted by Crippen LogP contribution is 2.63. The SMILES string of the molecule is CC12C=C(C#N)C(=O)C=C1[C@@]1(C)C=C(C#N)C(=O)C(C)(C)C1CC2. The molecule has 3 atom stereocenters. The Labute approximate surface area is 142 Å². The van der Waals surface area contributed by atoms with Crippen LogP contribution < -0.4 is 0 Å². The molecule has 0 aromatic carbocycles. The quantitative estimate of drug-likeness (QED) is 0.684. The number of Topliss-reactive ketones (excluding diaryl/α,β-unsaturated/α-hetero) is 1. The predicted molar refractivity (Wildman–Crippen MR) is 88.2 cm³/mol. The van der Waals surface area contributed by atoms with E-state index in [4.69, 9.17) is 0 Å². The van der Waals surface area contributed by atoms with Crippen LogP contribution in [0.15, 0.2) is 34.9 Å². The number of carbonyl (C=O) groups excluding carboxylic acids is 2. The molecule has 24 heavy (non-hydrogen) atoms. The number of rotatable bonds is 0. The van der Waals surface area contributed by atoms with Gasteiger partial charge in [-0.05, 0) is 30.4 Å². The van der Waals surface area contributed by atoms with Crippen molar-refractivity contribution in [2.24, 2.45) is 22.2 Å². The fraction of sp³-hybridized carbons (Fsp3) is 0.500. The van der Waals surface area contributed by atoms with Crippen molar-refractivity contribution < 1.29 is 9.59 Å². The molecule has 3 aliphatic carbocycles. The fourth-order valence-corrected chi connectivity index (χ4v) is 5.08. The second-order valence-electron chi connectivity index (χ2n) is 8.10. The first-order chi connectivity index (χ1) is 11.1. The second kappa shape index (κ2) is 4.77. The van der Waals surface area contributed by atoms with E-state index in [2.05, 4.69) is 0 Å². The lowest BCUT2D eigenvalue weighted by atomic mass is 9.45. The van der Waals surface area contributed by atoms with Crippen molar-refractivity contribution in [3.8, 4) is 12.1 Å². The van der Waals surface area contributed by atoms with Crippen LogP contribution in [0, 0.1) is 44.8 Å². The molecule has 122 valence electrons. The zero-order valence-corrected chi connectivity index (χ0v) is 14.4. The van der Waals surface area contributed by atoms with Crippen molar-refractivity contribution in [2.75, 3.05) is 0 Å². The number of hydrogen-bond acceptors (Lipinski definition) is 4. The number of nitrogens with zero attached hydrogens (tertiary/aromatic N) is 2. The van der Waals surface area contributed by atoms with Gasteiger partial charge in [-0.15, -0.1) is 0 Å². The average molecular weight is 320 g/mol. The lowest BCUT2D eigenvalue weighted by molar-refractivity contribution is -0.130. The topological polar surface area (TPSA) is 81.7 Å². The standard InChI is InChI=1S/C20H20N2O2/c1-18(2)15-5-6-19(3)8-12(10-21)14(23)7-16(19)20(15,4)9-13(11-22)17(18)24/h7-9,15H,5-6H2,1-4H3/t15?,19?,20-/m0/s1. The van der Waals surface area contributed by atoms with Crippen molar-refractivity contribution in [3.05, 3.63) is 34.9 Å². The lowest BCUT2D eigenvalue weighted by Crippen LogP contribution is -2.53. The number of carbonyl (C=O) groups is 2. The molecule has 4 heteroatoms. The van der Waals surface area contributed by atoms with Crippen molar-refractivity contribution in [1.29, 1.82) is 10.5 Å². The lowest BCUT2D eigenvalue weighted by Gasteiger charge is -2.57. The third kappa shape index (κ3) is 1.89. The Morgan fingerprint density at radius 2 is 1.67 bits per heavy atom. The van der Waals surface area contributed by atoms with Gasteiger partial charge in [0.15, 0.2) is 11.6 Å². The van der Waals surface area contributed by atoms with Crippen LogP contribution in [-0.2, 0) is 9.59 Å². The summed E-state index contributed by atoms with van der Waals surface area (Å²) in [5.74, 6) is -0.376. The van der Waals surface area contributed by atoms with E-state index in [9.17, 15) is 20.1 Å². The molecule has 4 nitrogen and oxygen atoms in total. The Kier molecular flexibility index (Phi) is 3.26. The highest BCUT2D eigenvalue weighted by molar-refractivity contribution is 6.09. The monoisotopic (exact) mass is 320 g/mol. The Hall–Kier alpha value is -2.46. The van der Waals surface area contributed by atoms with Crippen LogP contribution in [0.3, 0.4) is 0 Å². The molecule has 0 saturated heterocycles. The Morgan fingerprint density at radius 3 is 2.25 bits per heavy atom. The largest absolute Gasteiger partial charge is 0.293 e. The van der Waals surface area contributed by atoms with Gasteiger partial charge in [-0.1, -0.05) is 39.8 Å². The van der Waals surface area contributed by atoms with Gasteiger partial charge in [0.25, 0.3) is 0 Å². The Morgan fingerprint density at radius 1 is 1.04 bits per heavy atom. The minimum atomic E-state index is -0.654. The van der Waals surface area contributed by atoms with Crippen molar-refractivity contribution >= 4 is 11.6 Å². The normalized spacial score (nSPS) is 37.1. The van der Waals surface area contributed by atoms with E-state index in [-0.39, 0.29) is 28.6 Å². The van der Waals surface area contributed by atoms with Crippen molar-refractivity contribution in [3.63, 3.8) is 0 Å². The second-order valence-corrected chi connectivity index (χ2v) is 8.10. The Balaban J connectivity index is 2.26. The smallest absolute Gasteiger partial charge is 0.196 e. The van der Waals surface area contributed by atoms with Crippen molar-refractivity contribution in [1.82, 2.24) is 0 Å². The Bertz CT molecular complexity index is 844. The van der Waals surface area contributed by atoms with E-state index in [1.807, 2.05) is 39.8 Å². The van der Waals surface area contributed by atoms with Gasteiger partial charge in [0.05, 0.1) is 11.1 Å². The van der Waals surface area contributed by atoms with E-state index in [0.29, 0.717) is 0 Å². The van der Waals surface area contributed by atoms with Gasteiger partial charge in [-0.3, -0.25) is 9.59 Å². The summed E-state index contributed by atoms with van der Waals surface area (Å²) < 4.78 is 0. The van der Waals surface area contributed by atoms with Gasteiger partial charge >= 0.3 is 0 Å². The minimum Gasteiger partial charge on any atom is -0.293 e. The zero-order valence-electron chi connectivity index (χ0n) is 14.4. The van der Waals surface area contributed by atoms with E-state index in [0.717, 1.165) is 18.4 Å². The third-order valence-corrected chi connectivity index (χ3v) is 6.26. The number of ketones is 2. The molecule has 0 aromatic heterocycles. The van der Waals surface area contributed by atoms with E-state index < -0.39 is 16.2 Å². The van der Waals surface area contributed by atoms with Gasteiger partial charge in [0, 0.05) is 16.2 Å². The summed E-state index contributed by atoms with van der Waals surface area (Å²) in [6.07, 6.45) is 6.69. The molecule has 1 fully saturated rings. The van der Waals surface area contributed by atoms with Gasteiger partial charge < -0.3 is 0 Å². The first-order valence-electron chi connectivity index (χ1n) is 8.18. The van der Waals surface area contributed by atoms with Crippen molar-refractivity contribution in [2.45, 2.75) is 40.5 Å². The molecule has 3 rings (SSSR count). The number of fused-ring (bicyclic) bond motifs is 3. The fourth-order valence-electron chi connectivity index (χ4n) is 5.08. The first kappa shape index (κ1) is 16.4. The zero-order chi connectivity index (χ0) is 17.9. The summed E-state index contributed by atoms with van der Waals surface area (Å²) in [5.41, 5.74) is -0.312. The molecule has 0 aliphatic heterocycles. The van der Waals surface area contributed by atoms with Crippen LogP contribution in [-0.4, -0.2) is 11.6 Å². The average Bonchev–Trinajstić information content (AvgIpc) is 2.52. The summed E-state index contributed by atoms with van der Waals surface area (Å²) in [6.45, 7) is 7.85. The predicted octanol–water partition coefficient (Wildman–Crippen LogP) is 3.43. The molecule has 0 spiro atoms. The van der Waals surface area contributed by atoms with Crippen LogP contribution in [0.2, 0.25) is 0 Å². The summed E-state index contributed by atoms with van der Waals surface area (Å²) in [5, 5.41) is 18.6. The summed E-state index contributed by atoms with van der Waals surface area (Å²) in [7, 11) is 0. The molecule has 0 radical (unpaired) electrons. The summed E-state index contributed by atoms with van der Waals surface area (Å²) in [6, 6.07) is 4.02. The highest BCUT2D eigenvalue weighted by atomic mass is 16.1. The van der Waals surface area contributed by atoms with Gasteiger partial charge in [0.1, 0.15) is 12.1 Å². The first-order valence-corrected chi connectivity index (χ1v) is 8.18. The molecule has 0 N–H and O–H groups in total. The van der Waals surface area contributed by atoms with Gasteiger partial charge in [-0.2, -0.15) is 10.5 Å². The maximum atomic E-state index is 12.6. The molecule has 0 bridgehead atoms. The van der Waals surface area contributed by atoms with Gasteiger partial charge in [-0.25, -0.2) is 0 Å². The minimum absolute atomic E-state index is 0.0266. The van der Waals surface area contributed by atoms with Crippen LogP contribution in [0.25, 0.3) is 0 Å². The molecule has 0 heterocycles. The maximum Gasteiger partial charge on any atom is 0.196 e. The van der Waals surface area contributed by atoms with Gasteiger partial charge in [0.2, 0.25) is 0 Å². The number of nitriles is 2.